The van der Waals surface area contributed by atoms with E-state index in [0.717, 1.165) is 18.4 Å². The molecule has 4 atom stereocenters. The molecule has 1 aromatic heterocycles. The van der Waals surface area contributed by atoms with Crippen molar-refractivity contribution in [1.82, 2.24) is 4.98 Å². The van der Waals surface area contributed by atoms with E-state index in [-0.39, 0.29) is 6.04 Å². The number of aromatic nitrogens is 1. The van der Waals surface area contributed by atoms with Crippen LogP contribution in [-0.4, -0.2) is 20.7 Å². The Hall–Kier alpha value is 0.360. The van der Waals surface area contributed by atoms with Crippen LogP contribution in [-0.2, 0) is 0 Å². The second kappa shape index (κ2) is 5.34. The zero-order chi connectivity index (χ0) is 11.7. The maximum Gasteiger partial charge on any atom is 0.129 e. The van der Waals surface area contributed by atoms with E-state index in [1.54, 1.807) is 0 Å². The van der Waals surface area contributed by atoms with Gasteiger partial charge in [0.05, 0.1) is 0 Å². The van der Waals surface area contributed by atoms with Crippen LogP contribution < -0.4 is 5.73 Å². The fraction of sp³-hybridized carbons (Fsp3) is 0.545. The topological polar surface area (TPSA) is 38.9 Å². The molecule has 1 aliphatic rings. The highest BCUT2D eigenvalue weighted by Crippen LogP contribution is 2.40. The van der Waals surface area contributed by atoms with Crippen LogP contribution in [0.4, 0.5) is 0 Å². The molecule has 0 aliphatic heterocycles. The molecule has 2 N–H and O–H groups in total. The van der Waals surface area contributed by atoms with Gasteiger partial charge in [-0.3, -0.25) is 0 Å². The fourth-order valence-corrected chi connectivity index (χ4v) is 3.83. The summed E-state index contributed by atoms with van der Waals surface area (Å²) in [6.07, 6.45) is 3.96. The molecule has 0 spiro atoms. The zero-order valence-corrected chi connectivity index (χ0v) is 12.5. The normalized spacial score (nSPS) is 35.0. The van der Waals surface area contributed by atoms with Crippen molar-refractivity contribution in [2.24, 2.45) is 5.73 Å². The van der Waals surface area contributed by atoms with Crippen molar-refractivity contribution in [2.45, 2.75) is 34.5 Å². The Morgan fingerprint density at radius 1 is 1.31 bits per heavy atom. The zero-order valence-electron chi connectivity index (χ0n) is 8.61. The molecule has 0 amide bonds. The van der Waals surface area contributed by atoms with Crippen LogP contribution in [0.2, 0.25) is 5.15 Å². The molecule has 2 nitrogen and oxygen atoms in total. The number of nitrogens with zero attached hydrogens (tertiary/aromatic N) is 1. The maximum absolute atomic E-state index is 6.19. The smallest absolute Gasteiger partial charge is 0.129 e. The quantitative estimate of drug-likeness (QED) is 0.609. The molecule has 16 heavy (non-hydrogen) atoms. The molecule has 5 heteroatoms. The molecule has 1 saturated carbocycles. The average Bonchev–Trinajstić information content (AvgIpc) is 2.27. The second-order valence-electron chi connectivity index (χ2n) is 4.14. The monoisotopic (exact) mass is 366 g/mol. The van der Waals surface area contributed by atoms with Gasteiger partial charge < -0.3 is 5.73 Å². The van der Waals surface area contributed by atoms with Crippen molar-refractivity contribution >= 4 is 43.5 Å². The summed E-state index contributed by atoms with van der Waals surface area (Å²) < 4.78 is 0. The van der Waals surface area contributed by atoms with Crippen LogP contribution in [0.1, 0.15) is 24.3 Å². The first-order chi connectivity index (χ1) is 7.59. The standard InChI is InChI=1S/C11H13Br2ClN2/c12-7-2-3-8(15)10(11(7)13)6-1-4-9(14)16-5-6/h1,4-5,7-8,10-11H,2-3,15H2/t7-,8-,10+,11+/m1/s1. The Labute approximate surface area is 117 Å². The lowest BCUT2D eigenvalue weighted by molar-refractivity contribution is 0.410. The molecule has 1 fully saturated rings. The van der Waals surface area contributed by atoms with Crippen LogP contribution in [0.3, 0.4) is 0 Å². The summed E-state index contributed by atoms with van der Waals surface area (Å²) in [4.78, 5) is 4.93. The van der Waals surface area contributed by atoms with Crippen LogP contribution in [0.5, 0.6) is 0 Å². The molecule has 2 rings (SSSR count). The molecule has 0 radical (unpaired) electrons. The van der Waals surface area contributed by atoms with Gasteiger partial charge in [0.2, 0.25) is 0 Å². The van der Waals surface area contributed by atoms with Crippen LogP contribution in [0.25, 0.3) is 0 Å². The Morgan fingerprint density at radius 3 is 2.69 bits per heavy atom. The van der Waals surface area contributed by atoms with E-state index >= 15 is 0 Å². The first kappa shape index (κ1) is 12.8. The van der Waals surface area contributed by atoms with Gasteiger partial charge in [0.1, 0.15) is 5.15 Å². The van der Waals surface area contributed by atoms with E-state index in [0.29, 0.717) is 20.7 Å². The number of alkyl halides is 2. The highest BCUT2D eigenvalue weighted by Gasteiger charge is 2.36. The minimum Gasteiger partial charge on any atom is -0.327 e. The van der Waals surface area contributed by atoms with Gasteiger partial charge in [0.25, 0.3) is 0 Å². The van der Waals surface area contributed by atoms with Gasteiger partial charge in [0.15, 0.2) is 0 Å². The summed E-state index contributed by atoms with van der Waals surface area (Å²) in [7, 11) is 0. The minimum absolute atomic E-state index is 0.182. The summed E-state index contributed by atoms with van der Waals surface area (Å²) in [6.45, 7) is 0. The SMILES string of the molecule is N[C@@H]1CC[C@@H](Br)[C@H](Br)[C@H]1c1ccc(Cl)nc1. The molecule has 0 bridgehead atoms. The van der Waals surface area contributed by atoms with Gasteiger partial charge in [-0.15, -0.1) is 0 Å². The van der Waals surface area contributed by atoms with Crippen molar-refractivity contribution < 1.29 is 0 Å². The molecular weight excluding hydrogens is 355 g/mol. The lowest BCUT2D eigenvalue weighted by atomic mass is 9.81. The molecule has 0 saturated heterocycles. The Balaban J connectivity index is 2.26. The molecule has 1 aromatic rings. The van der Waals surface area contributed by atoms with E-state index in [9.17, 15) is 0 Å². The predicted molar refractivity (Wildman–Crippen MR) is 74.6 cm³/mol. The number of rotatable bonds is 1. The third-order valence-electron chi connectivity index (χ3n) is 3.06. The molecule has 0 aromatic carbocycles. The lowest BCUT2D eigenvalue weighted by Gasteiger charge is -2.36. The van der Waals surface area contributed by atoms with E-state index in [4.69, 9.17) is 17.3 Å². The summed E-state index contributed by atoms with van der Waals surface area (Å²) in [6, 6.07) is 4.02. The molecule has 1 aliphatic carbocycles. The fourth-order valence-electron chi connectivity index (χ4n) is 2.17. The van der Waals surface area contributed by atoms with Gasteiger partial charge in [-0.2, -0.15) is 0 Å². The highest BCUT2D eigenvalue weighted by molar-refractivity contribution is 9.12. The van der Waals surface area contributed by atoms with Crippen molar-refractivity contribution in [3.05, 3.63) is 29.0 Å². The first-order valence-electron chi connectivity index (χ1n) is 5.25. The van der Waals surface area contributed by atoms with Crippen LogP contribution in [0.15, 0.2) is 18.3 Å². The Bertz CT molecular complexity index is 358. The summed E-state index contributed by atoms with van der Waals surface area (Å²) in [5, 5.41) is 0.523. The second-order valence-corrected chi connectivity index (χ2v) is 6.76. The molecule has 0 unspecified atom stereocenters. The number of hydrogen-bond donors (Lipinski definition) is 1. The highest BCUT2D eigenvalue weighted by atomic mass is 79.9. The Morgan fingerprint density at radius 2 is 2.06 bits per heavy atom. The number of hydrogen-bond acceptors (Lipinski definition) is 2. The predicted octanol–water partition coefficient (Wildman–Crippen LogP) is 3.47. The Kier molecular flexibility index (Phi) is 4.27. The van der Waals surface area contributed by atoms with Crippen molar-refractivity contribution in [1.29, 1.82) is 0 Å². The summed E-state index contributed by atoms with van der Waals surface area (Å²) in [5.41, 5.74) is 7.35. The van der Waals surface area contributed by atoms with Gasteiger partial charge in [0, 0.05) is 27.8 Å². The largest absolute Gasteiger partial charge is 0.327 e. The van der Waals surface area contributed by atoms with E-state index < -0.39 is 0 Å². The van der Waals surface area contributed by atoms with Crippen LogP contribution in [0, 0.1) is 0 Å². The van der Waals surface area contributed by atoms with Gasteiger partial charge >= 0.3 is 0 Å². The van der Waals surface area contributed by atoms with Crippen LogP contribution >= 0.6 is 43.5 Å². The van der Waals surface area contributed by atoms with Crippen molar-refractivity contribution in [3.63, 3.8) is 0 Å². The summed E-state index contributed by atoms with van der Waals surface area (Å²) in [5.74, 6) is 0.294. The summed E-state index contributed by atoms with van der Waals surface area (Å²) >= 11 is 13.2. The van der Waals surface area contributed by atoms with Gasteiger partial charge in [-0.25, -0.2) is 4.98 Å². The lowest BCUT2D eigenvalue weighted by Crippen LogP contribution is -2.42. The van der Waals surface area contributed by atoms with Gasteiger partial charge in [-0.05, 0) is 24.5 Å². The minimum atomic E-state index is 0.182. The average molecular weight is 369 g/mol. The van der Waals surface area contributed by atoms with E-state index in [1.165, 1.54) is 0 Å². The van der Waals surface area contributed by atoms with Crippen molar-refractivity contribution in [2.75, 3.05) is 0 Å². The molecule has 88 valence electrons. The maximum atomic E-state index is 6.19. The van der Waals surface area contributed by atoms with E-state index in [1.807, 2.05) is 18.3 Å². The number of nitrogens with two attached hydrogens (primary N) is 1. The number of halogens is 3. The molecular formula is C11H13Br2ClN2. The van der Waals surface area contributed by atoms with E-state index in [2.05, 4.69) is 36.8 Å². The van der Waals surface area contributed by atoms with Crippen molar-refractivity contribution in [3.8, 4) is 0 Å². The number of pyridine rings is 1. The van der Waals surface area contributed by atoms with Gasteiger partial charge in [-0.1, -0.05) is 49.5 Å². The molecule has 1 heterocycles. The first-order valence-corrected chi connectivity index (χ1v) is 7.45. The third-order valence-corrected chi connectivity index (χ3v) is 6.23. The third kappa shape index (κ3) is 2.61.